The van der Waals surface area contributed by atoms with Gasteiger partial charge in [-0.3, -0.25) is 0 Å². The van der Waals surface area contributed by atoms with Gasteiger partial charge in [-0.1, -0.05) is 206 Å². The fourth-order valence-corrected chi connectivity index (χ4v) is 8.94. The fraction of sp³-hybridized carbons (Fsp3) is 0. The van der Waals surface area contributed by atoms with E-state index < -0.39 is 0 Å². The summed E-state index contributed by atoms with van der Waals surface area (Å²) >= 11 is 0. The second kappa shape index (κ2) is 15.6. The first-order chi connectivity index (χ1) is 30.2. The van der Waals surface area contributed by atoms with Crippen molar-refractivity contribution in [2.45, 2.75) is 0 Å². The quantitative estimate of drug-likeness (QED) is 0.139. The van der Waals surface area contributed by atoms with Crippen molar-refractivity contribution < 1.29 is 0 Å². The van der Waals surface area contributed by atoms with Gasteiger partial charge < -0.3 is 4.90 Å². The molecule has 0 aliphatic heterocycles. The van der Waals surface area contributed by atoms with E-state index in [0.29, 0.717) is 0 Å². The number of fused-ring (bicyclic) bond motifs is 5. The van der Waals surface area contributed by atoms with Gasteiger partial charge in [0, 0.05) is 17.1 Å². The number of nitrogens with zero attached hydrogens (tertiary/aromatic N) is 1. The smallest absolute Gasteiger partial charge is 0.0467 e. The van der Waals surface area contributed by atoms with Crippen LogP contribution in [-0.2, 0) is 0 Å². The number of benzene rings is 11. The van der Waals surface area contributed by atoms with Crippen LogP contribution in [-0.4, -0.2) is 0 Å². The summed E-state index contributed by atoms with van der Waals surface area (Å²) in [6, 6.07) is 90.3. The van der Waals surface area contributed by atoms with Crippen molar-refractivity contribution in [3.63, 3.8) is 0 Å². The maximum Gasteiger partial charge on any atom is 0.0467 e. The standard InChI is InChI=1S/C60H41N/c1-3-12-42(13-4-1)44-22-24-46(25-23-44)47-30-35-52(36-31-47)61(54-18-11-17-51(40-54)48-28-26-45(27-29-48)43-14-5-2-6-15-43)53-37-32-50(33-38-53)59-41-60-55-19-8-7-16-49(55)34-39-58(60)56-20-9-10-21-57(56)59/h1-41H. The molecule has 0 atom stereocenters. The van der Waals surface area contributed by atoms with Crippen molar-refractivity contribution in [2.24, 2.45) is 0 Å². The van der Waals surface area contributed by atoms with Gasteiger partial charge in [-0.15, -0.1) is 0 Å². The summed E-state index contributed by atoms with van der Waals surface area (Å²) in [4.78, 5) is 2.37. The predicted octanol–water partition coefficient (Wildman–Crippen LogP) is 17.0. The molecule has 0 aliphatic rings. The molecule has 286 valence electrons. The van der Waals surface area contributed by atoms with Gasteiger partial charge in [-0.25, -0.2) is 0 Å². The summed E-state index contributed by atoms with van der Waals surface area (Å²) in [5, 5.41) is 7.63. The summed E-state index contributed by atoms with van der Waals surface area (Å²) in [5.41, 5.74) is 15.3. The fourth-order valence-electron chi connectivity index (χ4n) is 8.94. The van der Waals surface area contributed by atoms with E-state index in [1.807, 2.05) is 0 Å². The number of hydrogen-bond acceptors (Lipinski definition) is 1. The van der Waals surface area contributed by atoms with Gasteiger partial charge in [0.1, 0.15) is 0 Å². The van der Waals surface area contributed by atoms with Gasteiger partial charge in [0.05, 0.1) is 0 Å². The van der Waals surface area contributed by atoms with Gasteiger partial charge in [0.25, 0.3) is 0 Å². The molecular weight excluding hydrogens is 735 g/mol. The van der Waals surface area contributed by atoms with E-state index in [9.17, 15) is 0 Å². The molecule has 0 aliphatic carbocycles. The maximum absolute atomic E-state index is 2.39. The summed E-state index contributed by atoms with van der Waals surface area (Å²) in [5.74, 6) is 0. The van der Waals surface area contributed by atoms with Crippen LogP contribution in [0.5, 0.6) is 0 Å². The molecule has 11 aromatic carbocycles. The lowest BCUT2D eigenvalue weighted by Gasteiger charge is -2.26. The molecule has 0 amide bonds. The number of hydrogen-bond donors (Lipinski definition) is 0. The Hall–Kier alpha value is -8.00. The maximum atomic E-state index is 2.39. The molecule has 0 N–H and O–H groups in total. The largest absolute Gasteiger partial charge is 0.310 e. The molecule has 0 spiro atoms. The van der Waals surface area contributed by atoms with E-state index in [-0.39, 0.29) is 0 Å². The van der Waals surface area contributed by atoms with Crippen LogP contribution in [0.15, 0.2) is 249 Å². The molecule has 0 saturated carbocycles. The highest BCUT2D eigenvalue weighted by Gasteiger charge is 2.16. The zero-order valence-corrected chi connectivity index (χ0v) is 33.6. The molecule has 0 heterocycles. The first-order valence-corrected chi connectivity index (χ1v) is 21.0. The minimum absolute atomic E-state index is 1.09. The third kappa shape index (κ3) is 6.93. The lowest BCUT2D eigenvalue weighted by atomic mass is 9.91. The zero-order chi connectivity index (χ0) is 40.5. The molecule has 11 rings (SSSR count). The minimum Gasteiger partial charge on any atom is -0.310 e. The molecule has 0 saturated heterocycles. The van der Waals surface area contributed by atoms with Gasteiger partial charge >= 0.3 is 0 Å². The lowest BCUT2D eigenvalue weighted by molar-refractivity contribution is 1.28. The van der Waals surface area contributed by atoms with Gasteiger partial charge in [0.15, 0.2) is 0 Å². The highest BCUT2D eigenvalue weighted by molar-refractivity contribution is 6.21. The SMILES string of the molecule is c1ccc(-c2ccc(-c3ccc(N(c4ccc(-c5cc6c7ccccc7ccc6c6ccccc56)cc4)c4cccc(-c5ccc(-c6ccccc6)cc5)c4)cc3)cc2)cc1. The van der Waals surface area contributed by atoms with Crippen molar-refractivity contribution in [1.29, 1.82) is 0 Å². The molecule has 0 fully saturated rings. The molecule has 0 bridgehead atoms. The first kappa shape index (κ1) is 36.1. The van der Waals surface area contributed by atoms with E-state index in [1.165, 1.54) is 88.0 Å². The Bertz CT molecular complexity index is 3300. The monoisotopic (exact) mass is 775 g/mol. The Labute approximate surface area is 357 Å². The highest BCUT2D eigenvalue weighted by Crippen LogP contribution is 2.41. The van der Waals surface area contributed by atoms with E-state index in [0.717, 1.165) is 17.1 Å². The van der Waals surface area contributed by atoms with E-state index in [4.69, 9.17) is 0 Å². The molecule has 0 radical (unpaired) electrons. The molecular formula is C60H41N. The summed E-state index contributed by atoms with van der Waals surface area (Å²) in [7, 11) is 0. The van der Waals surface area contributed by atoms with Crippen LogP contribution in [0.4, 0.5) is 17.1 Å². The van der Waals surface area contributed by atoms with Crippen LogP contribution in [0, 0.1) is 0 Å². The van der Waals surface area contributed by atoms with Crippen LogP contribution in [0.1, 0.15) is 0 Å². The Kier molecular flexibility index (Phi) is 9.26. The molecule has 0 aromatic heterocycles. The summed E-state index contributed by atoms with van der Waals surface area (Å²) in [6.07, 6.45) is 0. The Morgan fingerprint density at radius 2 is 0.607 bits per heavy atom. The summed E-state index contributed by atoms with van der Waals surface area (Å²) < 4.78 is 0. The number of anilines is 3. The van der Waals surface area contributed by atoms with Gasteiger partial charge in [-0.05, 0) is 130 Å². The van der Waals surface area contributed by atoms with Gasteiger partial charge in [0.2, 0.25) is 0 Å². The summed E-state index contributed by atoms with van der Waals surface area (Å²) in [6.45, 7) is 0. The van der Waals surface area contributed by atoms with Crippen LogP contribution in [0.25, 0.3) is 88.0 Å². The average molecular weight is 776 g/mol. The second-order valence-electron chi connectivity index (χ2n) is 15.7. The lowest BCUT2D eigenvalue weighted by Crippen LogP contribution is -2.10. The van der Waals surface area contributed by atoms with Crippen molar-refractivity contribution in [3.05, 3.63) is 249 Å². The molecule has 11 aromatic rings. The Balaban J connectivity index is 0.989. The highest BCUT2D eigenvalue weighted by atomic mass is 15.1. The van der Waals surface area contributed by atoms with Crippen molar-refractivity contribution in [1.82, 2.24) is 0 Å². The van der Waals surface area contributed by atoms with Crippen molar-refractivity contribution in [3.8, 4) is 55.6 Å². The molecule has 61 heavy (non-hydrogen) atoms. The average Bonchev–Trinajstić information content (AvgIpc) is 3.35. The normalized spacial score (nSPS) is 11.3. The topological polar surface area (TPSA) is 3.24 Å². The first-order valence-electron chi connectivity index (χ1n) is 21.0. The molecule has 1 heteroatoms. The van der Waals surface area contributed by atoms with E-state index in [2.05, 4.69) is 254 Å². The predicted molar refractivity (Wildman–Crippen MR) is 261 cm³/mol. The third-order valence-corrected chi connectivity index (χ3v) is 12.1. The molecule has 1 nitrogen and oxygen atoms in total. The number of rotatable bonds is 8. The minimum atomic E-state index is 1.09. The Morgan fingerprint density at radius 3 is 1.18 bits per heavy atom. The third-order valence-electron chi connectivity index (χ3n) is 12.1. The van der Waals surface area contributed by atoms with Crippen molar-refractivity contribution >= 4 is 49.4 Å². The van der Waals surface area contributed by atoms with Crippen LogP contribution < -0.4 is 4.90 Å². The van der Waals surface area contributed by atoms with Crippen LogP contribution in [0.2, 0.25) is 0 Å². The van der Waals surface area contributed by atoms with Crippen molar-refractivity contribution in [2.75, 3.05) is 4.90 Å². The van der Waals surface area contributed by atoms with E-state index in [1.54, 1.807) is 0 Å². The second-order valence-corrected chi connectivity index (χ2v) is 15.7. The van der Waals surface area contributed by atoms with Crippen LogP contribution >= 0.6 is 0 Å². The Morgan fingerprint density at radius 1 is 0.197 bits per heavy atom. The molecule has 0 unspecified atom stereocenters. The van der Waals surface area contributed by atoms with Crippen LogP contribution in [0.3, 0.4) is 0 Å². The zero-order valence-electron chi connectivity index (χ0n) is 33.6. The van der Waals surface area contributed by atoms with E-state index >= 15 is 0 Å². The van der Waals surface area contributed by atoms with Gasteiger partial charge in [-0.2, -0.15) is 0 Å².